The van der Waals surface area contributed by atoms with Crippen molar-refractivity contribution in [2.45, 2.75) is 19.4 Å². The van der Waals surface area contributed by atoms with Crippen LogP contribution in [0.3, 0.4) is 0 Å². The summed E-state index contributed by atoms with van der Waals surface area (Å²) in [6.45, 7) is 2.83. The molecule has 2 rings (SSSR count). The van der Waals surface area contributed by atoms with Gasteiger partial charge in [-0.25, -0.2) is 0 Å². The minimum absolute atomic E-state index is 0.0340. The summed E-state index contributed by atoms with van der Waals surface area (Å²) >= 11 is 3.55. The zero-order chi connectivity index (χ0) is 15.2. The number of nitro groups is 1. The molecule has 0 amide bonds. The lowest BCUT2D eigenvalue weighted by Gasteiger charge is -2.19. The molecular formula is C16H17BrN2O2. The molecule has 0 aromatic heterocycles. The van der Waals surface area contributed by atoms with E-state index < -0.39 is 0 Å². The topological polar surface area (TPSA) is 55.2 Å². The molecule has 1 atom stereocenters. The van der Waals surface area contributed by atoms with E-state index in [4.69, 9.17) is 0 Å². The zero-order valence-corrected chi connectivity index (χ0v) is 13.3. The summed E-state index contributed by atoms with van der Waals surface area (Å²) in [5.41, 5.74) is 2.02. The molecule has 0 fully saturated rings. The first-order chi connectivity index (χ1) is 10.1. The van der Waals surface area contributed by atoms with Gasteiger partial charge in [0.05, 0.1) is 4.92 Å². The highest BCUT2D eigenvalue weighted by Crippen LogP contribution is 2.29. The third-order valence-electron chi connectivity index (χ3n) is 3.34. The predicted octanol–water partition coefficient (Wildman–Crippen LogP) is 4.25. The van der Waals surface area contributed by atoms with Crippen LogP contribution >= 0.6 is 15.9 Å². The van der Waals surface area contributed by atoms with E-state index in [2.05, 4.69) is 21.2 Å². The quantitative estimate of drug-likeness (QED) is 0.627. The van der Waals surface area contributed by atoms with Gasteiger partial charge in [0.1, 0.15) is 0 Å². The molecular weight excluding hydrogens is 332 g/mol. The van der Waals surface area contributed by atoms with Gasteiger partial charge in [-0.2, -0.15) is 0 Å². The Labute approximate surface area is 132 Å². The smallest absolute Gasteiger partial charge is 0.272 e. The molecule has 110 valence electrons. The monoisotopic (exact) mass is 348 g/mol. The molecule has 2 aromatic carbocycles. The first kappa shape index (κ1) is 15.7. The van der Waals surface area contributed by atoms with Crippen molar-refractivity contribution in [2.24, 2.45) is 0 Å². The van der Waals surface area contributed by atoms with Crippen LogP contribution in [0.2, 0.25) is 0 Å². The van der Waals surface area contributed by atoms with Crippen LogP contribution in [0.4, 0.5) is 5.69 Å². The highest BCUT2D eigenvalue weighted by molar-refractivity contribution is 9.10. The van der Waals surface area contributed by atoms with Crippen LogP contribution in [-0.2, 0) is 6.42 Å². The van der Waals surface area contributed by atoms with Crippen molar-refractivity contribution in [3.05, 3.63) is 74.2 Å². The Balaban J connectivity index is 2.33. The van der Waals surface area contributed by atoms with E-state index in [-0.39, 0.29) is 16.7 Å². The molecule has 5 heteroatoms. The lowest BCUT2D eigenvalue weighted by atomic mass is 9.98. The Kier molecular flexibility index (Phi) is 5.47. The van der Waals surface area contributed by atoms with Crippen LogP contribution in [0.5, 0.6) is 0 Å². The third kappa shape index (κ3) is 3.89. The van der Waals surface area contributed by atoms with E-state index in [1.54, 1.807) is 12.1 Å². The van der Waals surface area contributed by atoms with Crippen molar-refractivity contribution in [2.75, 3.05) is 6.54 Å². The minimum atomic E-state index is -0.321. The maximum absolute atomic E-state index is 11.1. The Bertz CT molecular complexity index is 631. The summed E-state index contributed by atoms with van der Waals surface area (Å²) in [6.07, 6.45) is 0.577. The Hall–Kier alpha value is -1.72. The summed E-state index contributed by atoms with van der Waals surface area (Å²) in [5, 5.41) is 14.5. The van der Waals surface area contributed by atoms with Crippen LogP contribution in [0, 0.1) is 10.1 Å². The van der Waals surface area contributed by atoms with Crippen LogP contribution in [0.1, 0.15) is 24.1 Å². The van der Waals surface area contributed by atoms with Crippen LogP contribution in [0.25, 0.3) is 0 Å². The molecule has 21 heavy (non-hydrogen) atoms. The summed E-state index contributed by atoms with van der Waals surface area (Å²) in [5.74, 6) is 0. The maximum atomic E-state index is 11.1. The van der Waals surface area contributed by atoms with Gasteiger partial charge >= 0.3 is 0 Å². The van der Waals surface area contributed by atoms with E-state index in [1.807, 2.05) is 43.3 Å². The van der Waals surface area contributed by atoms with E-state index >= 15 is 0 Å². The largest absolute Gasteiger partial charge is 0.310 e. The first-order valence-electron chi connectivity index (χ1n) is 6.83. The van der Waals surface area contributed by atoms with Crippen molar-refractivity contribution in [3.63, 3.8) is 0 Å². The SMILES string of the molecule is CCNC(Cc1ccccc1[N+](=O)[O-])c1ccccc1Br. The fourth-order valence-electron chi connectivity index (χ4n) is 2.38. The standard InChI is InChI=1S/C16H17BrN2O2/c1-2-18-15(13-8-4-5-9-14(13)17)11-12-7-3-6-10-16(12)19(20)21/h3-10,15,18H,2,11H2,1H3. The van der Waals surface area contributed by atoms with E-state index in [9.17, 15) is 10.1 Å². The lowest BCUT2D eigenvalue weighted by Crippen LogP contribution is -2.23. The molecule has 0 saturated heterocycles. The Morgan fingerprint density at radius 3 is 2.52 bits per heavy atom. The number of hydrogen-bond acceptors (Lipinski definition) is 3. The molecule has 0 bridgehead atoms. The molecule has 1 unspecified atom stereocenters. The highest BCUT2D eigenvalue weighted by atomic mass is 79.9. The molecule has 4 nitrogen and oxygen atoms in total. The second-order valence-corrected chi connectivity index (χ2v) is 5.58. The molecule has 0 saturated carbocycles. The second-order valence-electron chi connectivity index (χ2n) is 4.72. The fourth-order valence-corrected chi connectivity index (χ4v) is 2.94. The number of hydrogen-bond donors (Lipinski definition) is 1. The second kappa shape index (κ2) is 7.33. The normalized spacial score (nSPS) is 12.1. The number of para-hydroxylation sites is 1. The average molecular weight is 349 g/mol. The van der Waals surface area contributed by atoms with E-state index in [1.165, 1.54) is 0 Å². The molecule has 0 radical (unpaired) electrons. The minimum Gasteiger partial charge on any atom is -0.310 e. The summed E-state index contributed by atoms with van der Waals surface area (Å²) in [6, 6.07) is 14.9. The summed E-state index contributed by atoms with van der Waals surface area (Å²) in [7, 11) is 0. The van der Waals surface area contributed by atoms with E-state index in [0.717, 1.165) is 22.1 Å². The number of nitrogens with one attached hydrogen (secondary N) is 1. The fraction of sp³-hybridized carbons (Fsp3) is 0.250. The maximum Gasteiger partial charge on any atom is 0.272 e. The molecule has 0 heterocycles. The van der Waals surface area contributed by atoms with Gasteiger partial charge in [-0.3, -0.25) is 10.1 Å². The number of nitro benzene ring substituents is 1. The van der Waals surface area contributed by atoms with Crippen LogP contribution in [0.15, 0.2) is 53.0 Å². The summed E-state index contributed by atoms with van der Waals surface area (Å²) in [4.78, 5) is 10.8. The lowest BCUT2D eigenvalue weighted by molar-refractivity contribution is -0.385. The summed E-state index contributed by atoms with van der Waals surface area (Å²) < 4.78 is 1.01. The molecule has 0 aliphatic heterocycles. The van der Waals surface area contributed by atoms with Gasteiger partial charge in [0.15, 0.2) is 0 Å². The van der Waals surface area contributed by atoms with Crippen molar-refractivity contribution in [1.29, 1.82) is 0 Å². The molecule has 0 spiro atoms. The number of benzene rings is 2. The van der Waals surface area contributed by atoms with Crippen LogP contribution < -0.4 is 5.32 Å². The predicted molar refractivity (Wildman–Crippen MR) is 87.4 cm³/mol. The van der Waals surface area contributed by atoms with Gasteiger partial charge in [0, 0.05) is 22.1 Å². The van der Waals surface area contributed by atoms with E-state index in [0.29, 0.717) is 6.42 Å². The van der Waals surface area contributed by atoms with Crippen molar-refractivity contribution < 1.29 is 4.92 Å². The average Bonchev–Trinajstić information content (AvgIpc) is 2.48. The van der Waals surface area contributed by atoms with Gasteiger partial charge in [0.2, 0.25) is 0 Å². The van der Waals surface area contributed by atoms with Gasteiger partial charge < -0.3 is 5.32 Å². The van der Waals surface area contributed by atoms with Gasteiger partial charge in [-0.05, 0) is 24.6 Å². The Morgan fingerprint density at radius 1 is 1.19 bits per heavy atom. The Morgan fingerprint density at radius 2 is 1.86 bits per heavy atom. The molecule has 2 aromatic rings. The highest BCUT2D eigenvalue weighted by Gasteiger charge is 2.19. The van der Waals surface area contributed by atoms with Crippen LogP contribution in [-0.4, -0.2) is 11.5 Å². The number of likely N-dealkylation sites (N-methyl/N-ethyl adjacent to an activating group) is 1. The number of nitrogens with zero attached hydrogens (tertiary/aromatic N) is 1. The van der Waals surface area contributed by atoms with Crippen molar-refractivity contribution in [1.82, 2.24) is 5.32 Å². The molecule has 0 aliphatic carbocycles. The van der Waals surface area contributed by atoms with Gasteiger partial charge in [-0.1, -0.05) is 59.3 Å². The van der Waals surface area contributed by atoms with Gasteiger partial charge in [0.25, 0.3) is 5.69 Å². The number of rotatable bonds is 6. The van der Waals surface area contributed by atoms with Gasteiger partial charge in [-0.15, -0.1) is 0 Å². The zero-order valence-electron chi connectivity index (χ0n) is 11.8. The first-order valence-corrected chi connectivity index (χ1v) is 7.63. The van der Waals surface area contributed by atoms with Crippen molar-refractivity contribution in [3.8, 4) is 0 Å². The third-order valence-corrected chi connectivity index (χ3v) is 4.07. The molecule has 1 N–H and O–H groups in total. The van der Waals surface area contributed by atoms with Crippen molar-refractivity contribution >= 4 is 21.6 Å². The number of halogens is 1. The molecule has 0 aliphatic rings.